The molecule has 3 rings (SSSR count). The average molecular weight is 463 g/mol. The number of aromatic nitrogens is 3. The molecule has 1 aromatic carbocycles. The van der Waals surface area contributed by atoms with E-state index in [1.54, 1.807) is 43.6 Å². The van der Waals surface area contributed by atoms with E-state index in [9.17, 15) is 9.59 Å². The van der Waals surface area contributed by atoms with Crippen LogP contribution >= 0.6 is 0 Å². The molecule has 0 aliphatic carbocycles. The molecule has 0 spiro atoms. The van der Waals surface area contributed by atoms with Crippen molar-refractivity contribution in [2.45, 2.75) is 32.7 Å². The average Bonchev–Trinajstić information content (AvgIpc) is 2.83. The van der Waals surface area contributed by atoms with Crippen LogP contribution in [-0.2, 0) is 11.2 Å². The summed E-state index contributed by atoms with van der Waals surface area (Å²) in [5.74, 6) is 0.208. The van der Waals surface area contributed by atoms with Gasteiger partial charge in [-0.25, -0.2) is 4.98 Å². The molecule has 6 N–H and O–H groups in total. The van der Waals surface area contributed by atoms with Crippen molar-refractivity contribution in [3.05, 3.63) is 66.1 Å². The molecule has 2 aromatic heterocycles. The van der Waals surface area contributed by atoms with Gasteiger partial charge in [0.15, 0.2) is 0 Å². The van der Waals surface area contributed by atoms with Crippen LogP contribution in [0, 0.1) is 0 Å². The van der Waals surface area contributed by atoms with Crippen LogP contribution in [0.1, 0.15) is 36.2 Å². The van der Waals surface area contributed by atoms with Gasteiger partial charge in [-0.2, -0.15) is 4.98 Å². The highest BCUT2D eigenvalue weighted by Crippen LogP contribution is 2.19. The predicted molar refractivity (Wildman–Crippen MR) is 134 cm³/mol. The maximum absolute atomic E-state index is 13.0. The fourth-order valence-electron chi connectivity index (χ4n) is 3.01. The summed E-state index contributed by atoms with van der Waals surface area (Å²) in [6.45, 7) is 4.93. The molecule has 2 heterocycles. The van der Waals surface area contributed by atoms with Gasteiger partial charge >= 0.3 is 0 Å². The number of nitrogens with one attached hydrogen (secondary N) is 4. The van der Waals surface area contributed by atoms with E-state index in [1.807, 2.05) is 19.1 Å². The molecule has 1 atom stereocenters. The summed E-state index contributed by atoms with van der Waals surface area (Å²) in [4.78, 5) is 37.7. The van der Waals surface area contributed by atoms with Gasteiger partial charge in [-0.3, -0.25) is 14.6 Å². The van der Waals surface area contributed by atoms with E-state index < -0.39 is 6.04 Å². The third kappa shape index (κ3) is 7.24. The lowest BCUT2D eigenvalue weighted by molar-refractivity contribution is -0.117. The number of benzene rings is 1. The zero-order chi connectivity index (χ0) is 24.3. The smallest absolute Gasteiger partial charge is 0.260 e. The number of hydrogen-bond donors (Lipinski definition) is 5. The maximum Gasteiger partial charge on any atom is 0.260 e. The van der Waals surface area contributed by atoms with Gasteiger partial charge in [-0.1, -0.05) is 13.0 Å². The zero-order valence-electron chi connectivity index (χ0n) is 19.3. The molecule has 0 aliphatic heterocycles. The Bertz CT molecular complexity index is 1110. The molecule has 0 aliphatic rings. The number of carbonyl (C=O) groups excluding carboxylic acids is 2. The van der Waals surface area contributed by atoms with E-state index in [-0.39, 0.29) is 11.8 Å². The van der Waals surface area contributed by atoms with Gasteiger partial charge in [0.2, 0.25) is 11.9 Å². The molecule has 0 radical (unpaired) electrons. The molecule has 10 heteroatoms. The lowest BCUT2D eigenvalue weighted by atomic mass is 10.2. The molecule has 0 fully saturated rings. The van der Waals surface area contributed by atoms with E-state index in [2.05, 4.69) is 36.2 Å². The Hall–Kier alpha value is -4.05. The van der Waals surface area contributed by atoms with Crippen LogP contribution in [0.5, 0.6) is 0 Å². The predicted octanol–water partition coefficient (Wildman–Crippen LogP) is 2.89. The summed E-state index contributed by atoms with van der Waals surface area (Å²) < 4.78 is 0. The SMILES string of the molecule is CCCNc1nc(NCCc2ccncc2)ncc1C(=O)Nc1cccc(NC(=O)C(C)N)c1. The van der Waals surface area contributed by atoms with Gasteiger partial charge < -0.3 is 27.0 Å². The van der Waals surface area contributed by atoms with Gasteiger partial charge in [0.05, 0.1) is 6.04 Å². The summed E-state index contributed by atoms with van der Waals surface area (Å²) in [6.07, 6.45) is 6.68. The maximum atomic E-state index is 13.0. The monoisotopic (exact) mass is 462 g/mol. The Morgan fingerprint density at radius 1 is 1.03 bits per heavy atom. The number of nitrogens with two attached hydrogens (primary N) is 1. The zero-order valence-corrected chi connectivity index (χ0v) is 19.3. The number of rotatable bonds is 11. The Balaban J connectivity index is 1.69. The molecule has 3 aromatic rings. The molecule has 178 valence electrons. The summed E-state index contributed by atoms with van der Waals surface area (Å²) >= 11 is 0. The standard InChI is InChI=1S/C24H30N8O2/c1-3-10-27-21-20(15-29-24(32-21)28-13-9-17-7-11-26-12-8-17)23(34)31-19-6-4-5-18(14-19)30-22(33)16(2)25/h4-8,11-12,14-16H,3,9-10,13,25H2,1-2H3,(H,30,33)(H,31,34)(H2,27,28,29,32). The van der Waals surface area contributed by atoms with Gasteiger partial charge in [-0.15, -0.1) is 0 Å². The van der Waals surface area contributed by atoms with Crippen molar-refractivity contribution in [2.24, 2.45) is 5.73 Å². The molecular weight excluding hydrogens is 432 g/mol. The van der Waals surface area contributed by atoms with Gasteiger partial charge in [0.1, 0.15) is 11.4 Å². The molecular formula is C24H30N8O2. The van der Waals surface area contributed by atoms with E-state index in [1.165, 1.54) is 6.20 Å². The van der Waals surface area contributed by atoms with Crippen molar-refractivity contribution < 1.29 is 9.59 Å². The van der Waals surface area contributed by atoms with E-state index in [0.717, 1.165) is 18.4 Å². The van der Waals surface area contributed by atoms with Crippen LogP contribution in [0.3, 0.4) is 0 Å². The highest BCUT2D eigenvalue weighted by molar-refractivity contribution is 6.07. The second-order valence-electron chi connectivity index (χ2n) is 7.73. The van der Waals surface area contributed by atoms with Crippen LogP contribution in [0.4, 0.5) is 23.1 Å². The first-order chi connectivity index (χ1) is 16.5. The Morgan fingerprint density at radius 2 is 1.76 bits per heavy atom. The number of pyridine rings is 1. The highest BCUT2D eigenvalue weighted by atomic mass is 16.2. The van der Waals surface area contributed by atoms with E-state index >= 15 is 0 Å². The molecule has 0 saturated carbocycles. The van der Waals surface area contributed by atoms with Crippen molar-refractivity contribution in [3.8, 4) is 0 Å². The first-order valence-electron chi connectivity index (χ1n) is 11.2. The summed E-state index contributed by atoms with van der Waals surface area (Å²) in [7, 11) is 0. The van der Waals surface area contributed by atoms with Crippen LogP contribution in [0.15, 0.2) is 55.0 Å². The summed E-state index contributed by atoms with van der Waals surface area (Å²) in [5, 5.41) is 11.9. The van der Waals surface area contributed by atoms with Crippen LogP contribution in [0.25, 0.3) is 0 Å². The van der Waals surface area contributed by atoms with Crippen LogP contribution in [0.2, 0.25) is 0 Å². The number of anilines is 4. The fraction of sp³-hybridized carbons (Fsp3) is 0.292. The minimum Gasteiger partial charge on any atom is -0.369 e. The number of carbonyl (C=O) groups is 2. The lowest BCUT2D eigenvalue weighted by Gasteiger charge is -2.14. The van der Waals surface area contributed by atoms with Gasteiger partial charge in [-0.05, 0) is 55.7 Å². The minimum absolute atomic E-state index is 0.310. The summed E-state index contributed by atoms with van der Waals surface area (Å²) in [5.41, 5.74) is 8.13. The van der Waals surface area contributed by atoms with Crippen molar-refractivity contribution >= 4 is 35.0 Å². The third-order valence-electron chi connectivity index (χ3n) is 4.82. The Morgan fingerprint density at radius 3 is 2.47 bits per heavy atom. The van der Waals surface area contributed by atoms with E-state index in [0.29, 0.717) is 41.8 Å². The third-order valence-corrected chi connectivity index (χ3v) is 4.82. The first kappa shape index (κ1) is 24.6. The Labute approximate surface area is 198 Å². The molecule has 10 nitrogen and oxygen atoms in total. The summed E-state index contributed by atoms with van der Waals surface area (Å²) in [6, 6.07) is 10.1. The lowest BCUT2D eigenvalue weighted by Crippen LogP contribution is -2.32. The molecule has 0 saturated heterocycles. The van der Waals surface area contributed by atoms with Crippen molar-refractivity contribution in [3.63, 3.8) is 0 Å². The quantitative estimate of drug-likeness (QED) is 0.292. The Kier molecular flexibility index (Phi) is 8.87. The molecule has 0 bridgehead atoms. The first-order valence-corrected chi connectivity index (χ1v) is 11.2. The normalized spacial score (nSPS) is 11.4. The molecule has 1 unspecified atom stereocenters. The van der Waals surface area contributed by atoms with Gasteiger partial charge in [0.25, 0.3) is 5.91 Å². The highest BCUT2D eigenvalue weighted by Gasteiger charge is 2.16. The number of hydrogen-bond acceptors (Lipinski definition) is 8. The van der Waals surface area contributed by atoms with Crippen molar-refractivity contribution in [2.75, 3.05) is 34.4 Å². The second-order valence-corrected chi connectivity index (χ2v) is 7.73. The largest absolute Gasteiger partial charge is 0.369 e. The van der Waals surface area contributed by atoms with Crippen LogP contribution < -0.4 is 27.0 Å². The fourth-order valence-corrected chi connectivity index (χ4v) is 3.01. The number of nitrogens with zero attached hydrogens (tertiary/aromatic N) is 3. The second kappa shape index (κ2) is 12.3. The van der Waals surface area contributed by atoms with Crippen molar-refractivity contribution in [1.29, 1.82) is 0 Å². The van der Waals surface area contributed by atoms with Gasteiger partial charge in [0, 0.05) is 43.1 Å². The topological polar surface area (TPSA) is 147 Å². The van der Waals surface area contributed by atoms with Crippen LogP contribution in [-0.4, -0.2) is 45.9 Å². The minimum atomic E-state index is -0.639. The molecule has 2 amide bonds. The van der Waals surface area contributed by atoms with E-state index in [4.69, 9.17) is 5.73 Å². The van der Waals surface area contributed by atoms with Crippen molar-refractivity contribution in [1.82, 2.24) is 15.0 Å². The molecule has 34 heavy (non-hydrogen) atoms. The number of amides is 2.